The van der Waals surface area contributed by atoms with Gasteiger partial charge in [0.1, 0.15) is 6.04 Å². The summed E-state index contributed by atoms with van der Waals surface area (Å²) in [4.78, 5) is 43.5. The summed E-state index contributed by atoms with van der Waals surface area (Å²) in [5.74, 6) is -0.197. The molecule has 34 heavy (non-hydrogen) atoms. The van der Waals surface area contributed by atoms with Crippen LogP contribution in [0.5, 0.6) is 0 Å². The average molecular weight is 478 g/mol. The van der Waals surface area contributed by atoms with Crippen molar-refractivity contribution in [1.29, 1.82) is 0 Å². The number of rotatable bonds is 10. The number of nitrogens with one attached hydrogen (secondary N) is 1. The third-order valence-electron chi connectivity index (χ3n) is 7.44. The molecule has 0 aromatic rings. The van der Waals surface area contributed by atoms with E-state index in [9.17, 15) is 14.4 Å². The standard InChI is InChI=1S/C27H47N3O4/c1-8-34-27(33)20(6)17-23(18(2)3)29(7)26(32)24(21-13-9-10-14-21)28-25(31)22-15-11-12-16-30(22)19(4)5/h17-19,21-24H,8-16H2,1-7H3,(H,28,31)/b20-17+/t22?,23-,24+/m1/s1. The number of hydrogen-bond acceptors (Lipinski definition) is 5. The molecule has 0 spiro atoms. The van der Waals surface area contributed by atoms with Gasteiger partial charge in [0.2, 0.25) is 11.8 Å². The fourth-order valence-corrected chi connectivity index (χ4v) is 5.46. The summed E-state index contributed by atoms with van der Waals surface area (Å²) >= 11 is 0. The molecule has 2 amide bonds. The monoisotopic (exact) mass is 477 g/mol. The first-order valence-corrected chi connectivity index (χ1v) is 13.3. The number of nitrogens with zero attached hydrogens (tertiary/aromatic N) is 2. The smallest absolute Gasteiger partial charge is 0.333 e. The molecule has 1 heterocycles. The lowest BCUT2D eigenvalue weighted by Crippen LogP contribution is -2.59. The van der Waals surface area contributed by atoms with Crippen LogP contribution < -0.4 is 5.32 Å². The summed E-state index contributed by atoms with van der Waals surface area (Å²) in [5.41, 5.74) is 0.497. The third kappa shape index (κ3) is 7.30. The van der Waals surface area contributed by atoms with Gasteiger partial charge in [-0.2, -0.15) is 0 Å². The number of piperidine rings is 1. The van der Waals surface area contributed by atoms with E-state index in [0.717, 1.165) is 51.5 Å². The van der Waals surface area contributed by atoms with Crippen LogP contribution in [0, 0.1) is 11.8 Å². The maximum absolute atomic E-state index is 13.8. The Labute approximate surface area is 206 Å². The Morgan fingerprint density at radius 1 is 1.06 bits per heavy atom. The van der Waals surface area contributed by atoms with Gasteiger partial charge in [-0.25, -0.2) is 4.79 Å². The lowest BCUT2D eigenvalue weighted by atomic mass is 9.93. The predicted molar refractivity (Wildman–Crippen MR) is 135 cm³/mol. The van der Waals surface area contributed by atoms with Crippen molar-refractivity contribution in [3.05, 3.63) is 11.6 Å². The molecule has 2 fully saturated rings. The largest absolute Gasteiger partial charge is 0.463 e. The van der Waals surface area contributed by atoms with Gasteiger partial charge in [-0.05, 0) is 71.8 Å². The van der Waals surface area contributed by atoms with Crippen LogP contribution in [0.15, 0.2) is 11.6 Å². The molecule has 1 aliphatic carbocycles. The van der Waals surface area contributed by atoms with E-state index < -0.39 is 6.04 Å². The minimum atomic E-state index is -0.534. The third-order valence-corrected chi connectivity index (χ3v) is 7.44. The number of hydrogen-bond donors (Lipinski definition) is 1. The Kier molecular flexibility index (Phi) is 11.1. The SMILES string of the molecule is CCOC(=O)/C(C)=C/[C@H](C(C)C)N(C)C(=O)[C@@H](NC(=O)C1CCCCN1C(C)C)C1CCCC1. The molecular weight excluding hydrogens is 430 g/mol. The van der Waals surface area contributed by atoms with Crippen LogP contribution in [0.25, 0.3) is 0 Å². The molecule has 0 radical (unpaired) electrons. The van der Waals surface area contributed by atoms with Crippen LogP contribution in [-0.4, -0.2) is 72.0 Å². The number of esters is 1. The first-order chi connectivity index (χ1) is 16.1. The normalized spacial score (nSPS) is 22.0. The van der Waals surface area contributed by atoms with E-state index in [4.69, 9.17) is 4.74 Å². The second-order valence-electron chi connectivity index (χ2n) is 10.6. The number of likely N-dealkylation sites (tertiary alicyclic amines) is 1. The van der Waals surface area contributed by atoms with E-state index in [1.807, 2.05) is 19.9 Å². The quantitative estimate of drug-likeness (QED) is 0.381. The maximum Gasteiger partial charge on any atom is 0.333 e. The fraction of sp³-hybridized carbons (Fsp3) is 0.815. The number of likely N-dealkylation sites (N-methyl/N-ethyl adjacent to an activating group) is 1. The summed E-state index contributed by atoms with van der Waals surface area (Å²) < 4.78 is 5.13. The Bertz CT molecular complexity index is 727. The molecule has 194 valence electrons. The van der Waals surface area contributed by atoms with Gasteiger partial charge in [-0.3, -0.25) is 14.5 Å². The molecule has 1 saturated heterocycles. The van der Waals surface area contributed by atoms with E-state index in [1.165, 1.54) is 0 Å². The molecule has 7 heteroatoms. The molecule has 2 rings (SSSR count). The highest BCUT2D eigenvalue weighted by atomic mass is 16.5. The van der Waals surface area contributed by atoms with E-state index in [2.05, 4.69) is 24.1 Å². The average Bonchev–Trinajstić information content (AvgIpc) is 3.34. The lowest BCUT2D eigenvalue weighted by Gasteiger charge is -2.39. The second-order valence-corrected chi connectivity index (χ2v) is 10.6. The van der Waals surface area contributed by atoms with Gasteiger partial charge in [0.05, 0.1) is 18.7 Å². The zero-order valence-electron chi connectivity index (χ0n) is 22.4. The summed E-state index contributed by atoms with van der Waals surface area (Å²) in [6, 6.07) is -0.684. The fourth-order valence-electron chi connectivity index (χ4n) is 5.46. The Morgan fingerprint density at radius 2 is 1.68 bits per heavy atom. The molecule has 0 bridgehead atoms. The molecular formula is C27H47N3O4. The van der Waals surface area contributed by atoms with Gasteiger partial charge < -0.3 is 15.0 Å². The van der Waals surface area contributed by atoms with Crippen molar-refractivity contribution >= 4 is 17.8 Å². The molecule has 7 nitrogen and oxygen atoms in total. The molecule has 1 aliphatic heterocycles. The highest BCUT2D eigenvalue weighted by Gasteiger charge is 2.39. The highest BCUT2D eigenvalue weighted by Crippen LogP contribution is 2.30. The first kappa shape index (κ1) is 28.3. The van der Waals surface area contributed by atoms with E-state index in [1.54, 1.807) is 25.8 Å². The minimum absolute atomic E-state index is 0.0219. The number of amides is 2. The summed E-state index contributed by atoms with van der Waals surface area (Å²) in [7, 11) is 1.79. The Hall–Kier alpha value is -1.89. The topological polar surface area (TPSA) is 79.0 Å². The van der Waals surface area contributed by atoms with Crippen LogP contribution in [0.3, 0.4) is 0 Å². The van der Waals surface area contributed by atoms with Crippen LogP contribution in [0.1, 0.15) is 86.5 Å². The van der Waals surface area contributed by atoms with Crippen LogP contribution in [0.2, 0.25) is 0 Å². The van der Waals surface area contributed by atoms with Gasteiger partial charge in [0.15, 0.2) is 0 Å². The van der Waals surface area contributed by atoms with Gasteiger partial charge in [0.25, 0.3) is 0 Å². The van der Waals surface area contributed by atoms with E-state index in [-0.39, 0.29) is 41.7 Å². The molecule has 3 atom stereocenters. The summed E-state index contributed by atoms with van der Waals surface area (Å²) in [6.07, 6.45) is 8.89. The summed E-state index contributed by atoms with van der Waals surface area (Å²) in [5, 5.41) is 3.20. The zero-order valence-corrected chi connectivity index (χ0v) is 22.4. The van der Waals surface area contributed by atoms with Crippen molar-refractivity contribution in [1.82, 2.24) is 15.1 Å². The van der Waals surface area contributed by atoms with Crippen molar-refractivity contribution in [2.75, 3.05) is 20.2 Å². The maximum atomic E-state index is 13.8. The van der Waals surface area contributed by atoms with Crippen molar-refractivity contribution in [3.8, 4) is 0 Å². The van der Waals surface area contributed by atoms with Gasteiger partial charge in [0, 0.05) is 18.7 Å². The van der Waals surface area contributed by atoms with Crippen molar-refractivity contribution in [2.24, 2.45) is 11.8 Å². The van der Waals surface area contributed by atoms with E-state index in [0.29, 0.717) is 18.2 Å². The molecule has 1 N–H and O–H groups in total. The summed E-state index contributed by atoms with van der Waals surface area (Å²) in [6.45, 7) is 13.1. The Morgan fingerprint density at radius 3 is 2.24 bits per heavy atom. The van der Waals surface area contributed by atoms with Crippen molar-refractivity contribution < 1.29 is 19.1 Å². The zero-order chi connectivity index (χ0) is 25.4. The minimum Gasteiger partial charge on any atom is -0.463 e. The van der Waals surface area contributed by atoms with Crippen LogP contribution in [-0.2, 0) is 19.1 Å². The molecule has 1 saturated carbocycles. The molecule has 0 aromatic heterocycles. The molecule has 0 aromatic carbocycles. The highest BCUT2D eigenvalue weighted by molar-refractivity contribution is 5.91. The van der Waals surface area contributed by atoms with Gasteiger partial charge in [-0.15, -0.1) is 0 Å². The molecule has 2 aliphatic rings. The van der Waals surface area contributed by atoms with E-state index >= 15 is 0 Å². The lowest BCUT2D eigenvalue weighted by molar-refractivity contribution is -0.141. The van der Waals surface area contributed by atoms with Gasteiger partial charge >= 0.3 is 5.97 Å². The Balaban J connectivity index is 2.25. The number of carbonyl (C=O) groups is 3. The predicted octanol–water partition coefficient (Wildman–Crippen LogP) is 3.92. The second kappa shape index (κ2) is 13.3. The molecule has 1 unspecified atom stereocenters. The van der Waals surface area contributed by atoms with Crippen molar-refractivity contribution in [2.45, 2.75) is 111 Å². The van der Waals surface area contributed by atoms with Crippen LogP contribution >= 0.6 is 0 Å². The van der Waals surface area contributed by atoms with Crippen molar-refractivity contribution in [3.63, 3.8) is 0 Å². The first-order valence-electron chi connectivity index (χ1n) is 13.3. The van der Waals surface area contributed by atoms with Gasteiger partial charge in [-0.1, -0.05) is 39.2 Å². The number of ether oxygens (including phenoxy) is 1. The van der Waals surface area contributed by atoms with Crippen LogP contribution in [0.4, 0.5) is 0 Å². The number of carbonyl (C=O) groups excluding carboxylic acids is 3.